The maximum absolute atomic E-state index is 12.9. The number of anilines is 1. The highest BCUT2D eigenvalue weighted by Crippen LogP contribution is 2.24. The van der Waals surface area contributed by atoms with Crippen molar-refractivity contribution in [2.75, 3.05) is 5.73 Å². The molecule has 0 aliphatic heterocycles. The van der Waals surface area contributed by atoms with E-state index in [-0.39, 0.29) is 28.8 Å². The summed E-state index contributed by atoms with van der Waals surface area (Å²) in [5.41, 5.74) is 9.35. The van der Waals surface area contributed by atoms with Crippen LogP contribution in [-0.2, 0) is 0 Å². The fourth-order valence-corrected chi connectivity index (χ4v) is 2.78. The number of nitrogens with one attached hydrogen (secondary N) is 1. The van der Waals surface area contributed by atoms with Gasteiger partial charge in [-0.25, -0.2) is 10.1 Å². The number of aromatic hydroxyl groups is 1. The van der Waals surface area contributed by atoms with Crippen LogP contribution in [-0.4, -0.2) is 42.5 Å². The van der Waals surface area contributed by atoms with Gasteiger partial charge in [-0.05, 0) is 28.5 Å². The zero-order chi connectivity index (χ0) is 21.1. The first-order chi connectivity index (χ1) is 14.5. The van der Waals surface area contributed by atoms with E-state index in [2.05, 4.69) is 35.8 Å². The average Bonchev–Trinajstić information content (AvgIpc) is 3.37. The average molecular weight is 425 g/mol. The molecule has 30 heavy (non-hydrogen) atoms. The number of halogens is 1. The van der Waals surface area contributed by atoms with Crippen LogP contribution < -0.4 is 11.2 Å². The van der Waals surface area contributed by atoms with Crippen molar-refractivity contribution < 1.29 is 14.5 Å². The lowest BCUT2D eigenvalue weighted by molar-refractivity contribution is 0.0947. The number of nitrogen functional groups attached to an aromatic ring is 1. The Kier molecular flexibility index (Phi) is 5.09. The molecule has 150 valence electrons. The van der Waals surface area contributed by atoms with Crippen molar-refractivity contribution in [3.8, 4) is 22.8 Å². The van der Waals surface area contributed by atoms with Crippen LogP contribution in [0.3, 0.4) is 0 Å². The van der Waals surface area contributed by atoms with E-state index in [0.717, 1.165) is 4.68 Å². The van der Waals surface area contributed by atoms with Crippen LogP contribution in [0.2, 0.25) is 5.02 Å². The van der Waals surface area contributed by atoms with Gasteiger partial charge in [0.05, 0.1) is 6.21 Å². The van der Waals surface area contributed by atoms with Crippen molar-refractivity contribution in [1.29, 1.82) is 0 Å². The van der Waals surface area contributed by atoms with E-state index < -0.39 is 5.91 Å². The lowest BCUT2D eigenvalue weighted by Gasteiger charge is -2.05. The zero-order valence-electron chi connectivity index (χ0n) is 15.1. The maximum atomic E-state index is 12.9. The summed E-state index contributed by atoms with van der Waals surface area (Å²) in [7, 11) is 0. The second kappa shape index (κ2) is 8.01. The van der Waals surface area contributed by atoms with Gasteiger partial charge in [-0.2, -0.15) is 9.78 Å². The minimum atomic E-state index is -0.654. The molecule has 0 bridgehead atoms. The molecule has 1 amide bonds. The number of carbonyl (C=O) groups is 1. The maximum Gasteiger partial charge on any atom is 0.292 e. The molecule has 2 aromatic carbocycles. The quantitative estimate of drug-likeness (QED) is 0.324. The molecule has 0 saturated heterocycles. The Morgan fingerprint density at radius 3 is 2.77 bits per heavy atom. The molecule has 4 rings (SSSR count). The van der Waals surface area contributed by atoms with E-state index >= 15 is 0 Å². The monoisotopic (exact) mass is 424 g/mol. The second-order valence-electron chi connectivity index (χ2n) is 5.94. The van der Waals surface area contributed by atoms with E-state index in [1.807, 2.05) is 6.07 Å². The van der Waals surface area contributed by atoms with Gasteiger partial charge in [0.15, 0.2) is 5.69 Å². The molecule has 2 heterocycles. The molecule has 0 radical (unpaired) electrons. The van der Waals surface area contributed by atoms with Crippen LogP contribution in [0.1, 0.15) is 16.1 Å². The van der Waals surface area contributed by atoms with Gasteiger partial charge in [0.2, 0.25) is 11.6 Å². The van der Waals surface area contributed by atoms with Crippen LogP contribution in [0.15, 0.2) is 58.3 Å². The minimum Gasteiger partial charge on any atom is -0.507 e. The Hall–Kier alpha value is -4.25. The summed E-state index contributed by atoms with van der Waals surface area (Å²) in [5.74, 6) is -0.762. The molecular formula is C18H13ClN8O3. The zero-order valence-corrected chi connectivity index (χ0v) is 15.9. The van der Waals surface area contributed by atoms with Crippen molar-refractivity contribution in [3.63, 3.8) is 0 Å². The van der Waals surface area contributed by atoms with Crippen LogP contribution in [0.4, 0.5) is 5.82 Å². The molecule has 4 N–H and O–H groups in total. The van der Waals surface area contributed by atoms with Gasteiger partial charge in [0, 0.05) is 16.1 Å². The molecule has 4 aromatic rings. The molecule has 0 aliphatic carbocycles. The van der Waals surface area contributed by atoms with E-state index in [1.54, 1.807) is 24.3 Å². The molecular weight excluding hydrogens is 412 g/mol. The molecule has 0 unspecified atom stereocenters. The number of phenols is 1. The smallest absolute Gasteiger partial charge is 0.292 e. The third kappa shape index (κ3) is 3.69. The summed E-state index contributed by atoms with van der Waals surface area (Å²) in [4.78, 5) is 12.9. The van der Waals surface area contributed by atoms with Gasteiger partial charge < -0.3 is 10.8 Å². The molecule has 0 saturated carbocycles. The second-order valence-corrected chi connectivity index (χ2v) is 6.38. The number of hydrogen-bond donors (Lipinski definition) is 3. The lowest BCUT2D eigenvalue weighted by Crippen LogP contribution is -2.22. The Morgan fingerprint density at radius 2 is 2.03 bits per heavy atom. The van der Waals surface area contributed by atoms with Gasteiger partial charge in [0.1, 0.15) is 11.4 Å². The number of nitrogens with two attached hydrogens (primary N) is 1. The number of aromatic nitrogens is 5. The number of carbonyl (C=O) groups excluding carboxylic acids is 1. The third-order valence-electron chi connectivity index (χ3n) is 3.99. The van der Waals surface area contributed by atoms with Crippen LogP contribution in [0.25, 0.3) is 17.1 Å². The summed E-state index contributed by atoms with van der Waals surface area (Å²) in [6, 6.07) is 13.4. The summed E-state index contributed by atoms with van der Waals surface area (Å²) < 4.78 is 5.70. The Morgan fingerprint density at radius 1 is 1.23 bits per heavy atom. The summed E-state index contributed by atoms with van der Waals surface area (Å²) in [5, 5.41) is 29.3. The van der Waals surface area contributed by atoms with E-state index in [4.69, 9.17) is 17.3 Å². The molecule has 0 spiro atoms. The number of phenolic OH excluding ortho intramolecular Hbond substituents is 1. The highest BCUT2D eigenvalue weighted by Gasteiger charge is 2.25. The molecule has 0 aliphatic rings. The van der Waals surface area contributed by atoms with Gasteiger partial charge in [0.25, 0.3) is 5.91 Å². The summed E-state index contributed by atoms with van der Waals surface area (Å²) in [6.07, 6.45) is 1.25. The first-order valence-electron chi connectivity index (χ1n) is 8.46. The Balaban J connectivity index is 1.70. The molecule has 11 nitrogen and oxygen atoms in total. The third-order valence-corrected chi connectivity index (χ3v) is 4.22. The number of hydrazone groups is 1. The first-order valence-corrected chi connectivity index (χ1v) is 8.84. The highest BCUT2D eigenvalue weighted by atomic mass is 35.5. The standard InChI is InChI=1S/C18H13ClN8O3/c19-12-6-7-13(28)11(8-12)9-21-23-18(29)15-14(10-4-2-1-3-5-10)22-26-27(15)17-16(20)24-30-25-17/h1-9,28H,(H2,20,24)(H,23,29)/b21-9+. The van der Waals surface area contributed by atoms with Gasteiger partial charge in [-0.3, -0.25) is 4.79 Å². The van der Waals surface area contributed by atoms with Gasteiger partial charge in [-0.15, -0.1) is 5.10 Å². The highest BCUT2D eigenvalue weighted by molar-refractivity contribution is 6.30. The fraction of sp³-hybridized carbons (Fsp3) is 0. The van der Waals surface area contributed by atoms with Crippen molar-refractivity contribution in [2.45, 2.75) is 0 Å². The Labute approximate surface area is 173 Å². The molecule has 0 atom stereocenters. The van der Waals surface area contributed by atoms with Crippen LogP contribution in [0, 0.1) is 0 Å². The number of hydrogen-bond acceptors (Lipinski definition) is 9. The van der Waals surface area contributed by atoms with Crippen LogP contribution >= 0.6 is 11.6 Å². The molecule has 2 aromatic heterocycles. The molecule has 12 heteroatoms. The minimum absolute atomic E-state index is 0.00583. The predicted molar refractivity (Wildman–Crippen MR) is 107 cm³/mol. The van der Waals surface area contributed by atoms with Gasteiger partial charge >= 0.3 is 0 Å². The lowest BCUT2D eigenvalue weighted by atomic mass is 10.1. The SMILES string of the molecule is Nc1nonc1-n1nnc(-c2ccccc2)c1C(=O)N/N=C/c1cc(Cl)ccc1O. The van der Waals surface area contributed by atoms with E-state index in [1.165, 1.54) is 24.4 Å². The summed E-state index contributed by atoms with van der Waals surface area (Å²) in [6.45, 7) is 0. The van der Waals surface area contributed by atoms with Crippen molar-refractivity contribution in [1.82, 2.24) is 30.7 Å². The largest absolute Gasteiger partial charge is 0.507 e. The number of benzene rings is 2. The van der Waals surface area contributed by atoms with Gasteiger partial charge in [-0.1, -0.05) is 47.1 Å². The normalized spacial score (nSPS) is 11.1. The van der Waals surface area contributed by atoms with Crippen molar-refractivity contribution in [3.05, 3.63) is 64.8 Å². The number of nitrogens with zero attached hydrogens (tertiary/aromatic N) is 6. The summed E-state index contributed by atoms with van der Waals surface area (Å²) >= 11 is 5.91. The number of rotatable bonds is 5. The number of amides is 1. The Bertz CT molecular complexity index is 1240. The van der Waals surface area contributed by atoms with Crippen molar-refractivity contribution >= 4 is 29.5 Å². The van der Waals surface area contributed by atoms with Crippen molar-refractivity contribution in [2.24, 2.45) is 5.10 Å². The molecule has 0 fully saturated rings. The fourth-order valence-electron chi connectivity index (χ4n) is 2.60. The van der Waals surface area contributed by atoms with Crippen LogP contribution in [0.5, 0.6) is 5.75 Å². The predicted octanol–water partition coefficient (Wildman–Crippen LogP) is 2.02. The van der Waals surface area contributed by atoms with E-state index in [9.17, 15) is 9.90 Å². The first kappa shape index (κ1) is 19.1. The van der Waals surface area contributed by atoms with E-state index in [0.29, 0.717) is 16.1 Å². The topological polar surface area (TPSA) is 157 Å².